The molecule has 1 atom stereocenters. The summed E-state index contributed by atoms with van der Waals surface area (Å²) in [7, 11) is 0. The Labute approximate surface area is 286 Å². The summed E-state index contributed by atoms with van der Waals surface area (Å²) in [6.45, 7) is 7.28. The van der Waals surface area contributed by atoms with Gasteiger partial charge >= 0.3 is 12.4 Å². The van der Waals surface area contributed by atoms with Gasteiger partial charge in [-0.25, -0.2) is 0 Å². The van der Waals surface area contributed by atoms with Crippen molar-refractivity contribution in [2.45, 2.75) is 57.7 Å². The minimum Gasteiger partial charge on any atom is -0.491 e. The van der Waals surface area contributed by atoms with Gasteiger partial charge in [-0.1, -0.05) is 66.2 Å². The Morgan fingerprint density at radius 3 is 1.34 bits per heavy atom. The van der Waals surface area contributed by atoms with E-state index in [1.54, 1.807) is 26.0 Å². The van der Waals surface area contributed by atoms with Crippen LogP contribution in [-0.2, 0) is 5.41 Å². The molecule has 0 amide bonds. The highest BCUT2D eigenvalue weighted by Crippen LogP contribution is 2.56. The molecule has 0 aliphatic heterocycles. The van der Waals surface area contributed by atoms with Crippen LogP contribution >= 0.6 is 0 Å². The third kappa shape index (κ3) is 7.64. The first-order chi connectivity index (χ1) is 23.6. The van der Waals surface area contributed by atoms with Crippen LogP contribution in [0.1, 0.15) is 65.1 Å². The van der Waals surface area contributed by atoms with Gasteiger partial charge in [-0.2, -0.15) is 26.3 Å². The minimum atomic E-state index is -5.73. The van der Waals surface area contributed by atoms with E-state index in [-0.39, 0.29) is 35.2 Å². The van der Waals surface area contributed by atoms with Crippen molar-refractivity contribution in [1.29, 1.82) is 0 Å². The second kappa shape index (κ2) is 14.3. The van der Waals surface area contributed by atoms with Crippen molar-refractivity contribution in [2.24, 2.45) is 0 Å². The van der Waals surface area contributed by atoms with Crippen LogP contribution in [0.3, 0.4) is 0 Å². The van der Waals surface area contributed by atoms with E-state index in [0.29, 0.717) is 11.1 Å². The third-order valence-corrected chi connectivity index (χ3v) is 8.13. The van der Waals surface area contributed by atoms with Crippen molar-refractivity contribution in [3.63, 3.8) is 0 Å². The lowest BCUT2D eigenvalue weighted by atomic mass is 9.73. The van der Waals surface area contributed by atoms with Crippen LogP contribution in [0.4, 0.5) is 26.3 Å². The first kappa shape index (κ1) is 36.0. The SMILES string of the molecule is Cc1ccc(OC(C)c2ccc(C(=O)c3ccc(Oc4ccc(C(c5ccc(OC(C)C)cc5)(C(F)(F)F)C(F)(F)F)cc4)cc3)cc2)cc1. The maximum absolute atomic E-state index is 14.6. The monoisotopic (exact) mass is 692 g/mol. The third-order valence-electron chi connectivity index (χ3n) is 8.13. The molecule has 0 aliphatic carbocycles. The van der Waals surface area contributed by atoms with Crippen molar-refractivity contribution < 1.29 is 45.3 Å². The highest BCUT2D eigenvalue weighted by Gasteiger charge is 2.72. The molecule has 5 rings (SSSR count). The Morgan fingerprint density at radius 2 is 0.900 bits per heavy atom. The van der Waals surface area contributed by atoms with E-state index in [1.165, 1.54) is 24.3 Å². The van der Waals surface area contributed by atoms with E-state index in [2.05, 4.69) is 0 Å². The van der Waals surface area contributed by atoms with Gasteiger partial charge in [-0.3, -0.25) is 4.79 Å². The van der Waals surface area contributed by atoms with E-state index in [9.17, 15) is 31.1 Å². The van der Waals surface area contributed by atoms with Gasteiger partial charge in [0.05, 0.1) is 6.10 Å². The summed E-state index contributed by atoms with van der Waals surface area (Å²) in [4.78, 5) is 13.1. The lowest BCUT2D eigenvalue weighted by Gasteiger charge is -2.38. The molecule has 5 aromatic carbocycles. The molecule has 4 nitrogen and oxygen atoms in total. The van der Waals surface area contributed by atoms with Crippen LogP contribution in [0.5, 0.6) is 23.0 Å². The molecule has 5 aromatic rings. The number of carbonyl (C=O) groups excluding carboxylic acids is 1. The number of carbonyl (C=O) groups is 1. The largest absolute Gasteiger partial charge is 0.491 e. The van der Waals surface area contributed by atoms with Gasteiger partial charge in [-0.15, -0.1) is 0 Å². The van der Waals surface area contributed by atoms with Crippen molar-refractivity contribution in [2.75, 3.05) is 0 Å². The highest BCUT2D eigenvalue weighted by atomic mass is 19.4. The van der Waals surface area contributed by atoms with E-state index >= 15 is 0 Å². The summed E-state index contributed by atoms with van der Waals surface area (Å²) in [5.74, 6) is 0.857. The Bertz CT molecular complexity index is 1860. The molecule has 0 heterocycles. The quantitative estimate of drug-likeness (QED) is 0.102. The Balaban J connectivity index is 1.30. The van der Waals surface area contributed by atoms with Gasteiger partial charge in [0.15, 0.2) is 5.78 Å². The number of hydrogen-bond donors (Lipinski definition) is 0. The van der Waals surface area contributed by atoms with Crippen LogP contribution in [0.15, 0.2) is 121 Å². The van der Waals surface area contributed by atoms with Gasteiger partial charge in [-0.05, 0) is 105 Å². The minimum absolute atomic E-state index is 0.00400. The van der Waals surface area contributed by atoms with Crippen molar-refractivity contribution in [3.8, 4) is 23.0 Å². The predicted molar refractivity (Wildman–Crippen MR) is 178 cm³/mol. The van der Waals surface area contributed by atoms with Gasteiger partial charge < -0.3 is 14.2 Å². The normalized spacial score (nSPS) is 12.8. The van der Waals surface area contributed by atoms with E-state index < -0.39 is 28.9 Å². The zero-order valence-electron chi connectivity index (χ0n) is 27.6. The van der Waals surface area contributed by atoms with Gasteiger partial charge in [0.25, 0.3) is 0 Å². The van der Waals surface area contributed by atoms with E-state index in [1.807, 2.05) is 50.2 Å². The Kier molecular flexibility index (Phi) is 10.3. The van der Waals surface area contributed by atoms with Crippen LogP contribution in [0.2, 0.25) is 0 Å². The summed E-state index contributed by atoms with van der Waals surface area (Å²) in [5.41, 5.74) is -3.52. The second-order valence-corrected chi connectivity index (χ2v) is 12.1. The van der Waals surface area contributed by atoms with E-state index in [0.717, 1.165) is 65.4 Å². The molecule has 50 heavy (non-hydrogen) atoms. The maximum Gasteiger partial charge on any atom is 0.411 e. The van der Waals surface area contributed by atoms with Gasteiger partial charge in [0.1, 0.15) is 29.1 Å². The molecular formula is C40H34F6O4. The number of ketones is 1. The number of benzene rings is 5. The lowest BCUT2D eigenvalue weighted by molar-refractivity contribution is -0.288. The van der Waals surface area contributed by atoms with Crippen LogP contribution in [0, 0.1) is 6.92 Å². The smallest absolute Gasteiger partial charge is 0.411 e. The van der Waals surface area contributed by atoms with Gasteiger partial charge in [0.2, 0.25) is 5.41 Å². The Morgan fingerprint density at radius 1 is 0.520 bits per heavy atom. The first-order valence-corrected chi connectivity index (χ1v) is 15.8. The topological polar surface area (TPSA) is 44.8 Å². The fourth-order valence-corrected chi connectivity index (χ4v) is 5.58. The summed E-state index contributed by atoms with van der Waals surface area (Å²) in [5, 5.41) is 0. The van der Waals surface area contributed by atoms with E-state index in [4.69, 9.17) is 14.2 Å². The summed E-state index contributed by atoms with van der Waals surface area (Å²) in [6.07, 6.45) is -12.0. The molecule has 0 fully saturated rings. The Hall–Kier alpha value is -5.25. The molecule has 0 aliphatic rings. The molecule has 0 bridgehead atoms. The van der Waals surface area contributed by atoms with Gasteiger partial charge in [0, 0.05) is 11.1 Å². The van der Waals surface area contributed by atoms with Crippen LogP contribution < -0.4 is 14.2 Å². The first-order valence-electron chi connectivity index (χ1n) is 15.8. The summed E-state index contributed by atoms with van der Waals surface area (Å²) < 4.78 is 104. The molecular weight excluding hydrogens is 658 g/mol. The fraction of sp³-hybridized carbons (Fsp3) is 0.225. The number of ether oxygens (including phenoxy) is 3. The number of alkyl halides is 6. The standard InChI is InChI=1S/C40H34F6O4/c1-25(2)48-33-21-13-31(14-22-33)38(39(41,42)43,40(44,45)46)32-15-23-36(24-16-32)50-35-19-11-30(12-20-35)37(47)29-9-7-28(8-10-29)27(4)49-34-17-5-26(3)6-18-34/h5-25,27H,1-4H3. The predicted octanol–water partition coefficient (Wildman–Crippen LogP) is 11.4. The zero-order valence-corrected chi connectivity index (χ0v) is 27.6. The maximum atomic E-state index is 14.6. The van der Waals surface area contributed by atoms with Crippen molar-refractivity contribution >= 4 is 5.78 Å². The van der Waals surface area contributed by atoms with Crippen LogP contribution in [0.25, 0.3) is 0 Å². The average Bonchev–Trinajstić information content (AvgIpc) is 3.06. The molecule has 0 saturated carbocycles. The summed E-state index contributed by atoms with van der Waals surface area (Å²) in [6, 6.07) is 28.1. The van der Waals surface area contributed by atoms with Crippen molar-refractivity contribution in [1.82, 2.24) is 0 Å². The molecule has 0 N–H and O–H groups in total. The highest BCUT2D eigenvalue weighted by molar-refractivity contribution is 6.09. The average molecular weight is 693 g/mol. The lowest BCUT2D eigenvalue weighted by Crippen LogP contribution is -2.54. The number of rotatable bonds is 11. The molecule has 10 heteroatoms. The number of halogens is 6. The fourth-order valence-electron chi connectivity index (χ4n) is 5.58. The van der Waals surface area contributed by atoms with Crippen LogP contribution in [-0.4, -0.2) is 24.2 Å². The molecule has 0 aromatic heterocycles. The molecule has 1 unspecified atom stereocenters. The summed E-state index contributed by atoms with van der Waals surface area (Å²) >= 11 is 0. The molecule has 0 saturated heterocycles. The zero-order chi connectivity index (χ0) is 36.3. The molecule has 0 radical (unpaired) electrons. The second-order valence-electron chi connectivity index (χ2n) is 12.1. The number of aryl methyl sites for hydroxylation is 1. The van der Waals surface area contributed by atoms with Crippen molar-refractivity contribution in [3.05, 3.63) is 155 Å². The number of hydrogen-bond acceptors (Lipinski definition) is 4. The molecule has 0 spiro atoms. The molecule has 260 valence electrons.